The monoisotopic (exact) mass is 552 g/mol. The van der Waals surface area contributed by atoms with Gasteiger partial charge in [0.2, 0.25) is 5.91 Å². The molecule has 7 nitrogen and oxygen atoms in total. The number of para-hydroxylation sites is 1. The molecule has 31 heavy (non-hydrogen) atoms. The number of nitrogens with zero attached hydrogens (tertiary/aromatic N) is 1. The quantitative estimate of drug-likeness (QED) is 0.376. The van der Waals surface area contributed by atoms with Gasteiger partial charge in [0.15, 0.2) is 11.5 Å². The zero-order valence-corrected chi connectivity index (χ0v) is 20.0. The summed E-state index contributed by atoms with van der Waals surface area (Å²) >= 11 is 2.95. The minimum atomic E-state index is -0.501. The van der Waals surface area contributed by atoms with Crippen LogP contribution in [-0.2, 0) is 9.59 Å². The third-order valence-corrected chi connectivity index (χ3v) is 5.94. The van der Waals surface area contributed by atoms with Crippen LogP contribution in [-0.4, -0.2) is 42.2 Å². The van der Waals surface area contributed by atoms with Crippen LogP contribution in [0.15, 0.2) is 47.4 Å². The highest BCUT2D eigenvalue weighted by Crippen LogP contribution is 2.37. The van der Waals surface area contributed by atoms with Gasteiger partial charge >= 0.3 is 0 Å². The van der Waals surface area contributed by atoms with Crippen molar-refractivity contribution in [2.75, 3.05) is 25.6 Å². The zero-order valence-electron chi connectivity index (χ0n) is 17.0. The van der Waals surface area contributed by atoms with E-state index in [2.05, 4.69) is 27.9 Å². The normalized spacial score (nSPS) is 14.8. The van der Waals surface area contributed by atoms with Gasteiger partial charge in [-0.25, -0.2) is 0 Å². The minimum absolute atomic E-state index is 0.248. The van der Waals surface area contributed by atoms with Gasteiger partial charge in [-0.3, -0.25) is 19.3 Å². The lowest BCUT2D eigenvalue weighted by Crippen LogP contribution is -2.36. The van der Waals surface area contributed by atoms with Crippen molar-refractivity contribution in [1.82, 2.24) is 4.90 Å². The van der Waals surface area contributed by atoms with Crippen LogP contribution in [0, 0.1) is 3.57 Å². The number of ether oxygens (including phenoxy) is 2. The first kappa shape index (κ1) is 23.1. The molecule has 1 heterocycles. The second-order valence-corrected chi connectivity index (χ2v) is 8.72. The van der Waals surface area contributed by atoms with E-state index in [1.54, 1.807) is 43.5 Å². The highest BCUT2D eigenvalue weighted by molar-refractivity contribution is 14.1. The lowest BCUT2D eigenvalue weighted by Gasteiger charge is -2.13. The number of methoxy groups -OCH3 is 1. The van der Waals surface area contributed by atoms with E-state index in [1.165, 1.54) is 0 Å². The Balaban J connectivity index is 1.75. The fourth-order valence-corrected chi connectivity index (χ4v) is 4.44. The van der Waals surface area contributed by atoms with E-state index < -0.39 is 17.1 Å². The van der Waals surface area contributed by atoms with Crippen molar-refractivity contribution >= 4 is 63.2 Å². The van der Waals surface area contributed by atoms with Crippen LogP contribution in [0.4, 0.5) is 10.5 Å². The smallest absolute Gasteiger partial charge is 0.294 e. The predicted molar refractivity (Wildman–Crippen MR) is 129 cm³/mol. The van der Waals surface area contributed by atoms with Crippen molar-refractivity contribution in [2.45, 2.75) is 13.3 Å². The van der Waals surface area contributed by atoms with Gasteiger partial charge in [0.05, 0.1) is 22.2 Å². The second kappa shape index (κ2) is 10.7. The number of thioether (sulfide) groups is 1. The topological polar surface area (TPSA) is 84.9 Å². The highest BCUT2D eigenvalue weighted by Gasteiger charge is 2.36. The van der Waals surface area contributed by atoms with Crippen LogP contribution in [0.1, 0.15) is 18.9 Å². The third-order valence-electron chi connectivity index (χ3n) is 4.23. The van der Waals surface area contributed by atoms with Crippen LogP contribution >= 0.6 is 34.4 Å². The van der Waals surface area contributed by atoms with Gasteiger partial charge in [-0.2, -0.15) is 0 Å². The Kier molecular flexibility index (Phi) is 7.97. The van der Waals surface area contributed by atoms with Crippen LogP contribution < -0.4 is 14.8 Å². The number of hydrogen-bond donors (Lipinski definition) is 1. The molecule has 9 heteroatoms. The van der Waals surface area contributed by atoms with Gasteiger partial charge in [-0.15, -0.1) is 0 Å². The Morgan fingerprint density at radius 1 is 1.23 bits per heavy atom. The Labute approximate surface area is 198 Å². The van der Waals surface area contributed by atoms with Crippen LogP contribution in [0.3, 0.4) is 0 Å². The molecule has 0 spiro atoms. The summed E-state index contributed by atoms with van der Waals surface area (Å²) in [5.41, 5.74) is 1.30. The number of carbonyl (C=O) groups is 3. The lowest BCUT2D eigenvalue weighted by molar-refractivity contribution is -0.127. The average Bonchev–Trinajstić information content (AvgIpc) is 3.00. The summed E-state index contributed by atoms with van der Waals surface area (Å²) in [6.07, 6.45) is 2.49. The maximum Gasteiger partial charge on any atom is 0.294 e. The number of halogens is 1. The molecule has 2 aromatic carbocycles. The van der Waals surface area contributed by atoms with Crippen molar-refractivity contribution in [3.05, 3.63) is 56.5 Å². The van der Waals surface area contributed by atoms with Gasteiger partial charge in [0.1, 0.15) is 6.54 Å². The first-order valence-corrected chi connectivity index (χ1v) is 11.4. The molecule has 0 bridgehead atoms. The SMILES string of the molecule is CCCOc1c(I)cc(/C=C2\SC(=O)N(CC(=O)Nc3ccccc3)C2=O)cc1OC. The van der Waals surface area contributed by atoms with E-state index in [0.717, 1.165) is 26.7 Å². The number of amides is 3. The largest absolute Gasteiger partial charge is 0.493 e. The number of imide groups is 1. The van der Waals surface area contributed by atoms with Crippen molar-refractivity contribution in [3.8, 4) is 11.5 Å². The molecule has 0 unspecified atom stereocenters. The van der Waals surface area contributed by atoms with E-state index in [9.17, 15) is 14.4 Å². The summed E-state index contributed by atoms with van der Waals surface area (Å²) in [7, 11) is 1.55. The molecule has 1 fully saturated rings. The Morgan fingerprint density at radius 2 is 1.97 bits per heavy atom. The van der Waals surface area contributed by atoms with E-state index in [4.69, 9.17) is 9.47 Å². The molecule has 0 radical (unpaired) electrons. The molecule has 3 rings (SSSR count). The number of carbonyl (C=O) groups excluding carboxylic acids is 3. The van der Waals surface area contributed by atoms with Crippen molar-refractivity contribution in [1.29, 1.82) is 0 Å². The molecule has 0 atom stereocenters. The minimum Gasteiger partial charge on any atom is -0.493 e. The molecule has 0 aliphatic carbocycles. The van der Waals surface area contributed by atoms with Gasteiger partial charge in [-0.1, -0.05) is 25.1 Å². The highest BCUT2D eigenvalue weighted by atomic mass is 127. The summed E-state index contributed by atoms with van der Waals surface area (Å²) in [6.45, 7) is 2.24. The van der Waals surface area contributed by atoms with Crippen LogP contribution in [0.2, 0.25) is 0 Å². The van der Waals surface area contributed by atoms with Crippen molar-refractivity contribution in [3.63, 3.8) is 0 Å². The standard InChI is InChI=1S/C22H21IN2O5S/c1-3-9-30-20-16(23)10-14(11-17(20)29-2)12-18-21(27)25(22(28)31-18)13-19(26)24-15-7-5-4-6-8-15/h4-8,10-12H,3,9,13H2,1-2H3,(H,24,26)/b18-12-. The Hall–Kier alpha value is -2.53. The first-order chi connectivity index (χ1) is 14.9. The maximum absolute atomic E-state index is 12.7. The van der Waals surface area contributed by atoms with E-state index in [1.807, 2.05) is 19.1 Å². The predicted octanol–water partition coefficient (Wildman–Crippen LogP) is 4.76. The lowest BCUT2D eigenvalue weighted by atomic mass is 10.2. The Morgan fingerprint density at radius 3 is 2.65 bits per heavy atom. The maximum atomic E-state index is 12.7. The molecule has 3 amide bonds. The van der Waals surface area contributed by atoms with E-state index >= 15 is 0 Å². The number of anilines is 1. The average molecular weight is 552 g/mol. The van der Waals surface area contributed by atoms with Gasteiger partial charge in [-0.05, 0) is 76.7 Å². The van der Waals surface area contributed by atoms with E-state index in [0.29, 0.717) is 29.4 Å². The second-order valence-electron chi connectivity index (χ2n) is 6.56. The summed E-state index contributed by atoms with van der Waals surface area (Å²) < 4.78 is 12.0. The fraction of sp³-hybridized carbons (Fsp3) is 0.227. The number of hydrogen-bond acceptors (Lipinski definition) is 6. The van der Waals surface area contributed by atoms with Crippen LogP contribution in [0.5, 0.6) is 11.5 Å². The zero-order chi connectivity index (χ0) is 22.4. The molecule has 1 saturated heterocycles. The summed E-state index contributed by atoms with van der Waals surface area (Å²) in [4.78, 5) is 38.5. The van der Waals surface area contributed by atoms with Gasteiger partial charge in [0.25, 0.3) is 11.1 Å². The molecular formula is C22H21IN2O5S. The molecule has 1 N–H and O–H groups in total. The van der Waals surface area contributed by atoms with Crippen molar-refractivity contribution in [2.24, 2.45) is 0 Å². The fourth-order valence-electron chi connectivity index (χ4n) is 2.82. The molecule has 1 aliphatic heterocycles. The molecule has 0 aromatic heterocycles. The van der Waals surface area contributed by atoms with E-state index in [-0.39, 0.29) is 11.4 Å². The summed E-state index contributed by atoms with van der Waals surface area (Å²) in [5, 5.41) is 2.19. The van der Waals surface area contributed by atoms with Gasteiger partial charge < -0.3 is 14.8 Å². The summed E-state index contributed by atoms with van der Waals surface area (Å²) in [5.74, 6) is 0.253. The molecule has 1 aliphatic rings. The Bertz CT molecular complexity index is 1030. The number of rotatable bonds is 8. The van der Waals surface area contributed by atoms with Crippen molar-refractivity contribution < 1.29 is 23.9 Å². The number of nitrogens with one attached hydrogen (secondary N) is 1. The molecular weight excluding hydrogens is 531 g/mol. The molecule has 0 saturated carbocycles. The first-order valence-electron chi connectivity index (χ1n) is 9.53. The molecule has 2 aromatic rings. The van der Waals surface area contributed by atoms with Gasteiger partial charge in [0, 0.05) is 5.69 Å². The van der Waals surface area contributed by atoms with Crippen LogP contribution in [0.25, 0.3) is 6.08 Å². The molecule has 162 valence electrons. The third kappa shape index (κ3) is 5.79. The number of benzene rings is 2. The summed E-state index contributed by atoms with van der Waals surface area (Å²) in [6, 6.07) is 12.5.